The molecule has 0 amide bonds. The summed E-state index contributed by atoms with van der Waals surface area (Å²) in [7, 11) is 0. The summed E-state index contributed by atoms with van der Waals surface area (Å²) < 4.78 is 5.46. The normalized spacial score (nSPS) is 12.3. The summed E-state index contributed by atoms with van der Waals surface area (Å²) in [6, 6.07) is 16.7. The van der Waals surface area contributed by atoms with Crippen molar-refractivity contribution in [2.24, 2.45) is 11.8 Å². The molecule has 0 heterocycles. The number of carbonyl (C=O) groups excluding carboxylic acids is 2. The molecular formula is C23H28O3. The molecule has 0 aromatic heterocycles. The van der Waals surface area contributed by atoms with E-state index in [-0.39, 0.29) is 29.5 Å². The van der Waals surface area contributed by atoms with Crippen molar-refractivity contribution in [2.75, 3.05) is 6.61 Å². The summed E-state index contributed by atoms with van der Waals surface area (Å²) in [6.07, 6.45) is 0. The highest BCUT2D eigenvalue weighted by atomic mass is 16.5. The zero-order chi connectivity index (χ0) is 19.3. The molecule has 3 heteroatoms. The molecule has 1 aliphatic carbocycles. The standard InChI is InChI=1S/C18H18O2.C5H10O/c1-12(2)18(19)20-11-17-15-9-5-3-7-13(15)14-8-4-6-10-16(14)17;1-4(2)5(3)6/h3-10,12,17H,11H2,1-2H3;4H,1-3H3. The van der Waals surface area contributed by atoms with Crippen LogP contribution in [0.2, 0.25) is 0 Å². The summed E-state index contributed by atoms with van der Waals surface area (Å²) >= 11 is 0. The SMILES string of the molecule is CC(=O)C(C)C.CC(C)C(=O)OCC1c2ccccc2-c2ccccc21. The van der Waals surface area contributed by atoms with Crippen LogP contribution in [0.5, 0.6) is 0 Å². The second-order valence-electron chi connectivity index (χ2n) is 7.28. The Morgan fingerprint density at radius 2 is 1.27 bits per heavy atom. The lowest BCUT2D eigenvalue weighted by atomic mass is 9.98. The Morgan fingerprint density at radius 3 is 1.65 bits per heavy atom. The molecule has 0 unspecified atom stereocenters. The summed E-state index contributed by atoms with van der Waals surface area (Å²) in [5.41, 5.74) is 5.03. The molecule has 138 valence electrons. The van der Waals surface area contributed by atoms with E-state index in [0.29, 0.717) is 6.61 Å². The van der Waals surface area contributed by atoms with Gasteiger partial charge in [-0.05, 0) is 29.2 Å². The van der Waals surface area contributed by atoms with Gasteiger partial charge < -0.3 is 4.74 Å². The smallest absolute Gasteiger partial charge is 0.308 e. The van der Waals surface area contributed by atoms with Crippen LogP contribution in [0.3, 0.4) is 0 Å². The van der Waals surface area contributed by atoms with E-state index in [1.54, 1.807) is 6.92 Å². The third-order valence-electron chi connectivity index (χ3n) is 4.64. The van der Waals surface area contributed by atoms with Gasteiger partial charge in [0, 0.05) is 11.8 Å². The number of esters is 1. The number of fused-ring (bicyclic) bond motifs is 3. The fourth-order valence-electron chi connectivity index (χ4n) is 2.77. The Kier molecular flexibility index (Phi) is 6.73. The van der Waals surface area contributed by atoms with Gasteiger partial charge in [0.2, 0.25) is 0 Å². The molecule has 2 aromatic rings. The molecule has 0 saturated carbocycles. The van der Waals surface area contributed by atoms with Crippen LogP contribution < -0.4 is 0 Å². The average Bonchev–Trinajstić information content (AvgIpc) is 2.94. The van der Waals surface area contributed by atoms with Crippen molar-refractivity contribution in [1.82, 2.24) is 0 Å². The predicted octanol–water partition coefficient (Wildman–Crippen LogP) is 5.23. The third kappa shape index (κ3) is 4.60. The Bertz CT molecular complexity index is 729. The lowest BCUT2D eigenvalue weighted by Gasteiger charge is -2.15. The van der Waals surface area contributed by atoms with Gasteiger partial charge in [-0.3, -0.25) is 9.59 Å². The van der Waals surface area contributed by atoms with Crippen LogP contribution in [0.15, 0.2) is 48.5 Å². The van der Waals surface area contributed by atoms with Gasteiger partial charge in [0.1, 0.15) is 12.4 Å². The number of rotatable bonds is 4. The van der Waals surface area contributed by atoms with Crippen molar-refractivity contribution < 1.29 is 14.3 Å². The number of ether oxygens (including phenoxy) is 1. The van der Waals surface area contributed by atoms with Crippen LogP contribution in [0.25, 0.3) is 11.1 Å². The van der Waals surface area contributed by atoms with Crippen molar-refractivity contribution in [3.05, 3.63) is 59.7 Å². The van der Waals surface area contributed by atoms with Gasteiger partial charge in [-0.2, -0.15) is 0 Å². The second-order valence-corrected chi connectivity index (χ2v) is 7.28. The van der Waals surface area contributed by atoms with E-state index in [4.69, 9.17) is 4.74 Å². The van der Waals surface area contributed by atoms with Crippen LogP contribution in [0.1, 0.15) is 51.7 Å². The maximum Gasteiger partial charge on any atom is 0.308 e. The van der Waals surface area contributed by atoms with Crippen molar-refractivity contribution >= 4 is 11.8 Å². The molecule has 0 spiro atoms. The molecule has 0 saturated heterocycles. The Labute approximate surface area is 156 Å². The molecule has 0 bridgehead atoms. The largest absolute Gasteiger partial charge is 0.464 e. The van der Waals surface area contributed by atoms with Crippen molar-refractivity contribution in [1.29, 1.82) is 0 Å². The van der Waals surface area contributed by atoms with Gasteiger partial charge in [-0.25, -0.2) is 0 Å². The monoisotopic (exact) mass is 352 g/mol. The highest BCUT2D eigenvalue weighted by Gasteiger charge is 2.29. The molecule has 26 heavy (non-hydrogen) atoms. The molecule has 0 N–H and O–H groups in total. The fourth-order valence-corrected chi connectivity index (χ4v) is 2.77. The van der Waals surface area contributed by atoms with Crippen LogP contribution in [0, 0.1) is 11.8 Å². The average molecular weight is 352 g/mol. The third-order valence-corrected chi connectivity index (χ3v) is 4.64. The van der Waals surface area contributed by atoms with Gasteiger partial charge >= 0.3 is 5.97 Å². The van der Waals surface area contributed by atoms with E-state index >= 15 is 0 Å². The zero-order valence-corrected chi connectivity index (χ0v) is 16.3. The van der Waals surface area contributed by atoms with Crippen LogP contribution in [-0.2, 0) is 14.3 Å². The molecule has 3 rings (SSSR count). The number of benzene rings is 2. The maximum absolute atomic E-state index is 11.7. The Hall–Kier alpha value is -2.42. The van der Waals surface area contributed by atoms with Crippen molar-refractivity contribution in [2.45, 2.75) is 40.5 Å². The minimum atomic E-state index is -0.133. The highest BCUT2D eigenvalue weighted by Crippen LogP contribution is 2.44. The quantitative estimate of drug-likeness (QED) is 0.708. The van der Waals surface area contributed by atoms with Crippen molar-refractivity contribution in [3.8, 4) is 11.1 Å². The lowest BCUT2D eigenvalue weighted by molar-refractivity contribution is -0.147. The second kappa shape index (κ2) is 8.79. The predicted molar refractivity (Wildman–Crippen MR) is 105 cm³/mol. The maximum atomic E-state index is 11.7. The van der Waals surface area contributed by atoms with Crippen molar-refractivity contribution in [3.63, 3.8) is 0 Å². The van der Waals surface area contributed by atoms with E-state index in [0.717, 1.165) is 0 Å². The summed E-state index contributed by atoms with van der Waals surface area (Å²) in [6.45, 7) is 9.53. The number of carbonyl (C=O) groups is 2. The first kappa shape index (κ1) is 19.9. The fraction of sp³-hybridized carbons (Fsp3) is 0.391. The molecule has 3 nitrogen and oxygen atoms in total. The highest BCUT2D eigenvalue weighted by molar-refractivity contribution is 5.79. The summed E-state index contributed by atoms with van der Waals surface area (Å²) in [5, 5.41) is 0. The first-order valence-corrected chi connectivity index (χ1v) is 9.18. The minimum absolute atomic E-state index is 0.0816. The van der Waals surface area contributed by atoms with E-state index in [9.17, 15) is 9.59 Å². The molecular weight excluding hydrogens is 324 g/mol. The number of ketones is 1. The molecule has 0 aliphatic heterocycles. The topological polar surface area (TPSA) is 43.4 Å². The number of hydrogen-bond donors (Lipinski definition) is 0. The minimum Gasteiger partial charge on any atom is -0.464 e. The zero-order valence-electron chi connectivity index (χ0n) is 16.3. The molecule has 0 fully saturated rings. The lowest BCUT2D eigenvalue weighted by Crippen LogP contribution is -2.16. The van der Waals surface area contributed by atoms with E-state index in [1.165, 1.54) is 22.3 Å². The first-order chi connectivity index (χ1) is 12.3. The van der Waals surface area contributed by atoms with Gasteiger partial charge in [0.05, 0.1) is 5.92 Å². The van der Waals surface area contributed by atoms with Crippen LogP contribution in [0.4, 0.5) is 0 Å². The van der Waals surface area contributed by atoms with Gasteiger partial charge in [-0.15, -0.1) is 0 Å². The van der Waals surface area contributed by atoms with Crippen LogP contribution in [-0.4, -0.2) is 18.4 Å². The van der Waals surface area contributed by atoms with Gasteiger partial charge in [-0.1, -0.05) is 76.2 Å². The molecule has 0 atom stereocenters. The van der Waals surface area contributed by atoms with E-state index in [1.807, 2.05) is 39.8 Å². The Morgan fingerprint density at radius 1 is 0.846 bits per heavy atom. The van der Waals surface area contributed by atoms with E-state index < -0.39 is 0 Å². The van der Waals surface area contributed by atoms with Gasteiger partial charge in [0.15, 0.2) is 0 Å². The number of hydrogen-bond acceptors (Lipinski definition) is 3. The molecule has 0 radical (unpaired) electrons. The van der Waals surface area contributed by atoms with Gasteiger partial charge in [0.25, 0.3) is 0 Å². The number of Topliss-reactive ketones (excluding diaryl/α,β-unsaturated/α-hetero) is 1. The molecule has 1 aliphatic rings. The molecule has 2 aromatic carbocycles. The first-order valence-electron chi connectivity index (χ1n) is 9.18. The summed E-state index contributed by atoms with van der Waals surface area (Å²) in [5.74, 6) is 0.416. The van der Waals surface area contributed by atoms with E-state index in [2.05, 4.69) is 36.4 Å². The van der Waals surface area contributed by atoms with Crippen LogP contribution >= 0.6 is 0 Å². The Balaban J connectivity index is 0.000000352. The summed E-state index contributed by atoms with van der Waals surface area (Å²) in [4.78, 5) is 21.8.